The second-order valence-electron chi connectivity index (χ2n) is 4.83. The second kappa shape index (κ2) is 5.44. The van der Waals surface area contributed by atoms with Gasteiger partial charge in [-0.2, -0.15) is 18.2 Å². The van der Waals surface area contributed by atoms with E-state index in [1.54, 1.807) is 0 Å². The van der Waals surface area contributed by atoms with Crippen LogP contribution in [-0.4, -0.2) is 27.7 Å². The molecule has 0 saturated heterocycles. The molecule has 0 atom stereocenters. The van der Waals surface area contributed by atoms with E-state index in [1.807, 2.05) is 5.43 Å². The average Bonchev–Trinajstić information content (AvgIpc) is 2.79. The summed E-state index contributed by atoms with van der Waals surface area (Å²) in [5.74, 6) is -2.96. The molecule has 6 nitrogen and oxygen atoms in total. The molecule has 0 radical (unpaired) electrons. The maximum Gasteiger partial charge on any atom is 0.418 e. The normalized spacial score (nSPS) is 13.9. The maximum absolute atomic E-state index is 12.9. The zero-order chi connectivity index (χ0) is 17.5. The van der Waals surface area contributed by atoms with Crippen LogP contribution in [0.5, 0.6) is 0 Å². The number of aromatic nitrogens is 1. The van der Waals surface area contributed by atoms with E-state index in [2.05, 4.69) is 4.98 Å². The first kappa shape index (κ1) is 15.7. The zero-order valence-corrected chi connectivity index (χ0v) is 11.8. The van der Waals surface area contributed by atoms with Crippen molar-refractivity contribution in [3.63, 3.8) is 0 Å². The number of pyridine rings is 1. The molecule has 0 unspecified atom stereocenters. The highest BCUT2D eigenvalue weighted by molar-refractivity contribution is 6.22. The molecule has 1 aliphatic heterocycles. The number of hydrogen-bond acceptors (Lipinski definition) is 4. The van der Waals surface area contributed by atoms with Gasteiger partial charge in [-0.15, -0.1) is 0 Å². The van der Waals surface area contributed by atoms with Crippen LogP contribution in [0.15, 0.2) is 42.6 Å². The van der Waals surface area contributed by atoms with Crippen molar-refractivity contribution in [2.45, 2.75) is 6.18 Å². The van der Waals surface area contributed by atoms with Crippen LogP contribution >= 0.6 is 0 Å². The third kappa shape index (κ3) is 2.49. The number of amides is 3. The van der Waals surface area contributed by atoms with E-state index >= 15 is 0 Å². The summed E-state index contributed by atoms with van der Waals surface area (Å²) in [6.07, 6.45) is -3.80. The summed E-state index contributed by atoms with van der Waals surface area (Å²) >= 11 is 0. The Balaban J connectivity index is 1.90. The van der Waals surface area contributed by atoms with E-state index in [9.17, 15) is 27.6 Å². The van der Waals surface area contributed by atoms with Gasteiger partial charge >= 0.3 is 6.18 Å². The number of halogens is 3. The van der Waals surface area contributed by atoms with E-state index < -0.39 is 35.2 Å². The zero-order valence-electron chi connectivity index (χ0n) is 11.8. The number of hydrazine groups is 1. The highest BCUT2D eigenvalue weighted by Gasteiger charge is 2.39. The molecule has 0 aliphatic carbocycles. The van der Waals surface area contributed by atoms with E-state index in [-0.39, 0.29) is 11.1 Å². The first-order chi connectivity index (χ1) is 11.3. The predicted octanol–water partition coefficient (Wildman–Crippen LogP) is 2.04. The lowest BCUT2D eigenvalue weighted by Gasteiger charge is -2.16. The molecule has 2 heterocycles. The van der Waals surface area contributed by atoms with Crippen LogP contribution in [0.2, 0.25) is 0 Å². The molecule has 1 N–H and O–H groups in total. The second-order valence-corrected chi connectivity index (χ2v) is 4.83. The smallest absolute Gasteiger partial charge is 0.267 e. The molecule has 0 bridgehead atoms. The Kier molecular flexibility index (Phi) is 3.55. The van der Waals surface area contributed by atoms with Gasteiger partial charge in [0.2, 0.25) is 0 Å². The molecule has 1 aliphatic rings. The molecule has 3 rings (SSSR count). The third-order valence-electron chi connectivity index (χ3n) is 3.34. The quantitative estimate of drug-likeness (QED) is 0.852. The monoisotopic (exact) mass is 335 g/mol. The molecule has 1 aromatic heterocycles. The van der Waals surface area contributed by atoms with Crippen molar-refractivity contribution in [1.29, 1.82) is 0 Å². The van der Waals surface area contributed by atoms with Gasteiger partial charge in [0.25, 0.3) is 17.7 Å². The molecule has 0 fully saturated rings. The first-order valence-corrected chi connectivity index (χ1v) is 6.61. The van der Waals surface area contributed by atoms with Crippen molar-refractivity contribution in [2.24, 2.45) is 0 Å². The molecule has 0 spiro atoms. The average molecular weight is 335 g/mol. The number of rotatable bonds is 2. The highest BCUT2D eigenvalue weighted by Crippen LogP contribution is 2.31. The summed E-state index contributed by atoms with van der Waals surface area (Å²) < 4.78 is 38.8. The summed E-state index contributed by atoms with van der Waals surface area (Å²) in [7, 11) is 0. The van der Waals surface area contributed by atoms with Crippen molar-refractivity contribution >= 4 is 17.7 Å². The van der Waals surface area contributed by atoms with Crippen LogP contribution in [0, 0.1) is 0 Å². The minimum absolute atomic E-state index is 0.0554. The molecule has 0 saturated carbocycles. The molecule has 1 aromatic carbocycles. The molecule has 24 heavy (non-hydrogen) atoms. The Labute approximate surface area is 132 Å². The van der Waals surface area contributed by atoms with Crippen LogP contribution in [-0.2, 0) is 6.18 Å². The lowest BCUT2D eigenvalue weighted by Crippen LogP contribution is -2.46. The molecule has 122 valence electrons. The number of nitrogens with zero attached hydrogens (tertiary/aromatic N) is 2. The van der Waals surface area contributed by atoms with Crippen molar-refractivity contribution in [3.8, 4) is 0 Å². The Hall–Kier alpha value is -3.23. The lowest BCUT2D eigenvalue weighted by molar-refractivity contribution is -0.138. The van der Waals surface area contributed by atoms with E-state index in [0.717, 1.165) is 12.3 Å². The van der Waals surface area contributed by atoms with Gasteiger partial charge in [0, 0.05) is 6.20 Å². The SMILES string of the molecule is O=C(NN1C(=O)c2ccccc2C1=O)c1ncccc1C(F)(F)F. The van der Waals surface area contributed by atoms with Gasteiger partial charge in [-0.25, -0.2) is 0 Å². The number of carbonyl (C=O) groups is 3. The van der Waals surface area contributed by atoms with E-state index in [4.69, 9.17) is 0 Å². The number of hydrogen-bond donors (Lipinski definition) is 1. The summed E-state index contributed by atoms with van der Waals surface area (Å²) in [4.78, 5) is 39.7. The van der Waals surface area contributed by atoms with Gasteiger partial charge in [-0.05, 0) is 24.3 Å². The van der Waals surface area contributed by atoms with E-state index in [0.29, 0.717) is 11.1 Å². The largest absolute Gasteiger partial charge is 0.418 e. The fourth-order valence-electron chi connectivity index (χ4n) is 2.26. The standard InChI is InChI=1S/C15H8F3N3O3/c16-15(17,18)10-6-3-7-19-11(10)12(22)20-21-13(23)8-4-1-2-5-9(8)14(21)24/h1-7H,(H,20,22). The number of benzene rings is 1. The summed E-state index contributed by atoms with van der Waals surface area (Å²) in [5.41, 5.74) is -0.196. The minimum atomic E-state index is -4.80. The Bertz CT molecular complexity index is 829. The Morgan fingerprint density at radius 1 is 1.00 bits per heavy atom. The molecular formula is C15H8F3N3O3. The van der Waals surface area contributed by atoms with Gasteiger partial charge in [-0.1, -0.05) is 12.1 Å². The number of carbonyl (C=O) groups excluding carboxylic acids is 3. The predicted molar refractivity (Wildman–Crippen MR) is 73.6 cm³/mol. The Morgan fingerprint density at radius 3 is 2.12 bits per heavy atom. The fraction of sp³-hybridized carbons (Fsp3) is 0.0667. The maximum atomic E-state index is 12.9. The van der Waals surface area contributed by atoms with Crippen molar-refractivity contribution < 1.29 is 27.6 Å². The first-order valence-electron chi connectivity index (χ1n) is 6.61. The molecule has 2 aromatic rings. The molecule has 9 heteroatoms. The number of imide groups is 1. The van der Waals surface area contributed by atoms with Gasteiger partial charge in [0.05, 0.1) is 16.7 Å². The topological polar surface area (TPSA) is 79.4 Å². The van der Waals surface area contributed by atoms with Crippen molar-refractivity contribution in [1.82, 2.24) is 15.4 Å². The molecular weight excluding hydrogens is 327 g/mol. The summed E-state index contributed by atoms with van der Waals surface area (Å²) in [6.45, 7) is 0. The van der Waals surface area contributed by atoms with Crippen LogP contribution < -0.4 is 5.43 Å². The van der Waals surface area contributed by atoms with Crippen LogP contribution in [0.25, 0.3) is 0 Å². The minimum Gasteiger partial charge on any atom is -0.267 e. The van der Waals surface area contributed by atoms with Crippen LogP contribution in [0.4, 0.5) is 13.2 Å². The highest BCUT2D eigenvalue weighted by atomic mass is 19.4. The number of nitrogens with one attached hydrogen (secondary N) is 1. The Morgan fingerprint density at radius 2 is 1.58 bits per heavy atom. The van der Waals surface area contributed by atoms with Gasteiger partial charge in [0.1, 0.15) is 5.69 Å². The fourth-order valence-corrected chi connectivity index (χ4v) is 2.26. The van der Waals surface area contributed by atoms with Gasteiger partial charge in [-0.3, -0.25) is 24.8 Å². The van der Waals surface area contributed by atoms with Gasteiger partial charge < -0.3 is 0 Å². The molecule has 3 amide bonds. The third-order valence-corrected chi connectivity index (χ3v) is 3.34. The number of fused-ring (bicyclic) bond motifs is 1. The van der Waals surface area contributed by atoms with Crippen molar-refractivity contribution in [3.05, 3.63) is 65.0 Å². The summed E-state index contributed by atoms with van der Waals surface area (Å²) in [6, 6.07) is 7.52. The lowest BCUT2D eigenvalue weighted by atomic mass is 10.1. The van der Waals surface area contributed by atoms with Gasteiger partial charge in [0.15, 0.2) is 0 Å². The van der Waals surface area contributed by atoms with Crippen LogP contribution in [0.3, 0.4) is 0 Å². The van der Waals surface area contributed by atoms with E-state index in [1.165, 1.54) is 24.3 Å². The van der Waals surface area contributed by atoms with Crippen molar-refractivity contribution in [2.75, 3.05) is 0 Å². The number of alkyl halides is 3. The summed E-state index contributed by atoms with van der Waals surface area (Å²) in [5, 5.41) is 0.377. The van der Waals surface area contributed by atoms with Crippen LogP contribution in [0.1, 0.15) is 36.8 Å².